The van der Waals surface area contributed by atoms with Crippen LogP contribution in [0.15, 0.2) is 29.6 Å². The van der Waals surface area contributed by atoms with Crippen LogP contribution in [0.1, 0.15) is 29.9 Å². The van der Waals surface area contributed by atoms with Crippen molar-refractivity contribution in [3.05, 3.63) is 45.9 Å². The van der Waals surface area contributed by atoms with Crippen molar-refractivity contribution >= 4 is 55.1 Å². The predicted octanol–water partition coefficient (Wildman–Crippen LogP) is 6.51. The topological polar surface area (TPSA) is 48.4 Å². The average molecular weight is 471 g/mol. The zero-order chi connectivity index (χ0) is 20.0. The number of benzene rings is 1. The van der Waals surface area contributed by atoms with Crippen molar-refractivity contribution in [3.63, 3.8) is 0 Å². The molecule has 7 heteroatoms. The Kier molecular flexibility index (Phi) is 8.07. The van der Waals surface area contributed by atoms with Crippen molar-refractivity contribution in [1.82, 2.24) is 4.98 Å². The molecule has 27 heavy (non-hydrogen) atoms. The molecule has 0 N–H and O–H groups in total. The number of carbonyl (C=O) groups excluding carboxylic acids is 1. The Bertz CT molecular complexity index is 942. The van der Waals surface area contributed by atoms with Gasteiger partial charge < -0.3 is 9.47 Å². The van der Waals surface area contributed by atoms with Crippen LogP contribution in [0, 0.1) is 6.92 Å². The standard InChI is InChI=1S/C18H15BrClNO3S.C2H6/c1-10-7-13(12-8-11(20)3-4-15(12)24-6-5-19)17-16(21-10)14(9-25-17)18(22)23-2;1-2/h3-4,7-9H,5-6H2,1-2H3;1-2H3. The van der Waals surface area contributed by atoms with Crippen molar-refractivity contribution in [2.75, 3.05) is 19.0 Å². The summed E-state index contributed by atoms with van der Waals surface area (Å²) in [6, 6.07) is 7.51. The Balaban J connectivity index is 0.00000126. The minimum Gasteiger partial charge on any atom is -0.492 e. The molecule has 0 fully saturated rings. The van der Waals surface area contributed by atoms with E-state index in [0.717, 1.165) is 32.6 Å². The van der Waals surface area contributed by atoms with Gasteiger partial charge in [0.15, 0.2) is 0 Å². The quantitative estimate of drug-likeness (QED) is 0.315. The van der Waals surface area contributed by atoms with Crippen LogP contribution in [0.5, 0.6) is 5.75 Å². The summed E-state index contributed by atoms with van der Waals surface area (Å²) in [6.07, 6.45) is 0. The van der Waals surface area contributed by atoms with E-state index in [1.54, 1.807) is 11.4 Å². The minimum absolute atomic E-state index is 0.392. The fraction of sp³-hybridized carbons (Fsp3) is 0.300. The number of esters is 1. The van der Waals surface area contributed by atoms with E-state index in [-0.39, 0.29) is 0 Å². The maximum absolute atomic E-state index is 12.0. The molecule has 0 aliphatic rings. The van der Waals surface area contributed by atoms with Crippen molar-refractivity contribution in [2.45, 2.75) is 20.8 Å². The summed E-state index contributed by atoms with van der Waals surface area (Å²) in [5.41, 5.74) is 3.73. The number of pyridine rings is 1. The highest BCUT2D eigenvalue weighted by Crippen LogP contribution is 2.40. The summed E-state index contributed by atoms with van der Waals surface area (Å²) in [5, 5.41) is 3.12. The minimum atomic E-state index is -0.392. The van der Waals surface area contributed by atoms with E-state index >= 15 is 0 Å². The van der Waals surface area contributed by atoms with Gasteiger partial charge in [0.25, 0.3) is 0 Å². The van der Waals surface area contributed by atoms with Crippen molar-refractivity contribution in [3.8, 4) is 16.9 Å². The molecule has 0 unspecified atom stereocenters. The highest BCUT2D eigenvalue weighted by atomic mass is 79.9. The van der Waals surface area contributed by atoms with Crippen LogP contribution in [0.3, 0.4) is 0 Å². The molecule has 2 aromatic heterocycles. The number of carbonyl (C=O) groups is 1. The van der Waals surface area contributed by atoms with Gasteiger partial charge in [0.2, 0.25) is 0 Å². The van der Waals surface area contributed by atoms with Gasteiger partial charge in [-0.2, -0.15) is 0 Å². The summed E-state index contributed by atoms with van der Waals surface area (Å²) >= 11 is 11.0. The second-order valence-corrected chi connectivity index (χ2v) is 7.42. The average Bonchev–Trinajstić information content (AvgIpc) is 3.11. The third-order valence-electron chi connectivity index (χ3n) is 3.62. The maximum atomic E-state index is 12.0. The third-order valence-corrected chi connectivity index (χ3v) is 5.18. The van der Waals surface area contributed by atoms with E-state index < -0.39 is 5.97 Å². The number of rotatable bonds is 5. The van der Waals surface area contributed by atoms with Crippen LogP contribution in [0.4, 0.5) is 0 Å². The molecule has 0 spiro atoms. The number of aromatic nitrogens is 1. The van der Waals surface area contributed by atoms with Crippen molar-refractivity contribution in [2.24, 2.45) is 0 Å². The van der Waals surface area contributed by atoms with Gasteiger partial charge in [-0.25, -0.2) is 4.79 Å². The number of hydrogen-bond donors (Lipinski definition) is 0. The fourth-order valence-corrected chi connectivity index (χ4v) is 3.92. The van der Waals surface area contributed by atoms with Crippen LogP contribution in [-0.4, -0.2) is 30.0 Å². The number of aryl methyl sites for hydroxylation is 1. The first kappa shape index (κ1) is 21.7. The van der Waals surface area contributed by atoms with Crippen molar-refractivity contribution < 1.29 is 14.3 Å². The highest BCUT2D eigenvalue weighted by Gasteiger charge is 2.19. The lowest BCUT2D eigenvalue weighted by molar-refractivity contribution is 0.0603. The maximum Gasteiger partial charge on any atom is 0.340 e. The lowest BCUT2D eigenvalue weighted by Crippen LogP contribution is -2.01. The SMILES string of the molecule is CC.COC(=O)c1csc2c(-c3cc(Cl)ccc3OCCBr)cc(C)nc12. The number of alkyl halides is 1. The fourth-order valence-electron chi connectivity index (χ4n) is 2.58. The first-order chi connectivity index (χ1) is 13.0. The molecule has 144 valence electrons. The van der Waals surface area contributed by atoms with Gasteiger partial charge in [0.05, 0.1) is 29.5 Å². The number of methoxy groups -OCH3 is 1. The van der Waals surface area contributed by atoms with E-state index in [0.29, 0.717) is 22.7 Å². The first-order valence-electron chi connectivity index (χ1n) is 8.51. The van der Waals surface area contributed by atoms with Gasteiger partial charge in [-0.05, 0) is 31.2 Å². The largest absolute Gasteiger partial charge is 0.492 e. The van der Waals surface area contributed by atoms with E-state index in [1.165, 1.54) is 18.4 Å². The number of fused-ring (bicyclic) bond motifs is 1. The molecule has 3 aromatic rings. The molecule has 4 nitrogen and oxygen atoms in total. The van der Waals surface area contributed by atoms with E-state index in [9.17, 15) is 4.79 Å². The van der Waals surface area contributed by atoms with Gasteiger partial charge in [-0.3, -0.25) is 4.98 Å². The Labute approximate surface area is 176 Å². The molecule has 1 aromatic carbocycles. The Morgan fingerprint density at radius 2 is 2.00 bits per heavy atom. The molecule has 0 aliphatic heterocycles. The molecular formula is C20H21BrClNO3S. The van der Waals surface area contributed by atoms with Crippen LogP contribution in [-0.2, 0) is 4.74 Å². The zero-order valence-electron chi connectivity index (χ0n) is 15.6. The summed E-state index contributed by atoms with van der Waals surface area (Å²) in [4.78, 5) is 16.5. The van der Waals surface area contributed by atoms with Crippen LogP contribution < -0.4 is 4.74 Å². The Morgan fingerprint density at radius 3 is 2.67 bits per heavy atom. The number of thiophene rings is 1. The lowest BCUT2D eigenvalue weighted by Gasteiger charge is -2.13. The molecule has 0 saturated carbocycles. The smallest absolute Gasteiger partial charge is 0.340 e. The van der Waals surface area contributed by atoms with E-state index in [4.69, 9.17) is 21.1 Å². The number of nitrogens with zero attached hydrogens (tertiary/aromatic N) is 1. The van der Waals surface area contributed by atoms with Crippen LogP contribution in [0.25, 0.3) is 21.3 Å². The molecule has 0 bridgehead atoms. The van der Waals surface area contributed by atoms with Crippen LogP contribution in [0.2, 0.25) is 5.02 Å². The molecule has 0 aliphatic carbocycles. The van der Waals surface area contributed by atoms with Crippen molar-refractivity contribution in [1.29, 1.82) is 0 Å². The molecule has 0 saturated heterocycles. The molecular weight excluding hydrogens is 450 g/mol. The number of ether oxygens (including phenoxy) is 2. The molecule has 2 heterocycles. The molecule has 0 atom stereocenters. The number of hydrogen-bond acceptors (Lipinski definition) is 5. The van der Waals surface area contributed by atoms with Gasteiger partial charge in [-0.15, -0.1) is 11.3 Å². The van der Waals surface area contributed by atoms with Crippen LogP contribution >= 0.6 is 38.9 Å². The predicted molar refractivity (Wildman–Crippen MR) is 117 cm³/mol. The third kappa shape index (κ3) is 4.81. The molecule has 0 amide bonds. The second kappa shape index (κ2) is 10.1. The summed E-state index contributed by atoms with van der Waals surface area (Å²) < 4.78 is 11.6. The normalized spacial score (nSPS) is 10.3. The Hall–Kier alpha value is -1.63. The Morgan fingerprint density at radius 1 is 1.26 bits per heavy atom. The monoisotopic (exact) mass is 469 g/mol. The zero-order valence-corrected chi connectivity index (χ0v) is 18.8. The second-order valence-electron chi connectivity index (χ2n) is 5.31. The summed E-state index contributed by atoms with van der Waals surface area (Å²) in [6.45, 7) is 6.44. The van der Waals surface area contributed by atoms with Gasteiger partial charge in [0, 0.05) is 32.6 Å². The number of halogens is 2. The van der Waals surface area contributed by atoms with E-state index in [2.05, 4.69) is 20.9 Å². The van der Waals surface area contributed by atoms with Gasteiger partial charge >= 0.3 is 5.97 Å². The highest BCUT2D eigenvalue weighted by molar-refractivity contribution is 9.09. The first-order valence-corrected chi connectivity index (χ1v) is 10.9. The van der Waals surface area contributed by atoms with E-state index in [1.807, 2.05) is 39.0 Å². The van der Waals surface area contributed by atoms with Gasteiger partial charge in [-0.1, -0.05) is 41.4 Å². The van der Waals surface area contributed by atoms with Gasteiger partial charge in [0.1, 0.15) is 5.75 Å². The lowest BCUT2D eigenvalue weighted by atomic mass is 10.0. The molecule has 0 radical (unpaired) electrons. The summed E-state index contributed by atoms with van der Waals surface area (Å²) in [5.74, 6) is 0.348. The summed E-state index contributed by atoms with van der Waals surface area (Å²) in [7, 11) is 1.37. The molecule has 3 rings (SSSR count).